The summed E-state index contributed by atoms with van der Waals surface area (Å²) >= 11 is 0. The Balaban J connectivity index is 1.80. The molecule has 0 saturated heterocycles. The minimum Gasteiger partial charge on any atom is -0.506 e. The monoisotopic (exact) mass is 336 g/mol. The summed E-state index contributed by atoms with van der Waals surface area (Å²) in [5.74, 6) is -0.420. The maximum absolute atomic E-state index is 12.2. The first-order chi connectivity index (χ1) is 12.1. The van der Waals surface area contributed by atoms with E-state index in [0.29, 0.717) is 16.7 Å². The van der Waals surface area contributed by atoms with Crippen LogP contribution in [0.5, 0.6) is 17.2 Å². The molecule has 126 valence electrons. The first-order valence-corrected chi connectivity index (χ1v) is 7.52. The summed E-state index contributed by atoms with van der Waals surface area (Å²) in [6.07, 6.45) is 1.30. The Morgan fingerprint density at radius 2 is 1.84 bits per heavy atom. The van der Waals surface area contributed by atoms with E-state index in [-0.39, 0.29) is 17.1 Å². The van der Waals surface area contributed by atoms with Gasteiger partial charge in [0.15, 0.2) is 11.5 Å². The fourth-order valence-electron chi connectivity index (χ4n) is 2.47. The Bertz CT molecular complexity index is 967. The molecule has 0 atom stereocenters. The molecule has 0 radical (unpaired) electrons. The lowest BCUT2D eigenvalue weighted by molar-refractivity contribution is 0.0952. The Morgan fingerprint density at radius 1 is 1.04 bits per heavy atom. The van der Waals surface area contributed by atoms with Gasteiger partial charge in [0.05, 0.1) is 18.9 Å². The first kappa shape index (κ1) is 16.3. The van der Waals surface area contributed by atoms with Crippen molar-refractivity contribution >= 4 is 22.9 Å². The minimum atomic E-state index is -0.554. The van der Waals surface area contributed by atoms with Crippen LogP contribution in [0, 0.1) is 0 Å². The zero-order valence-electron chi connectivity index (χ0n) is 13.4. The number of hydrogen-bond donors (Lipinski definition) is 3. The summed E-state index contributed by atoms with van der Waals surface area (Å²) in [7, 11) is 1.44. The third-order valence-electron chi connectivity index (χ3n) is 3.77. The average molecular weight is 336 g/mol. The highest BCUT2D eigenvalue weighted by molar-refractivity contribution is 6.03. The number of carbonyl (C=O) groups excluding carboxylic acids is 1. The van der Waals surface area contributed by atoms with Crippen molar-refractivity contribution in [2.45, 2.75) is 0 Å². The van der Waals surface area contributed by atoms with Crippen LogP contribution in [-0.2, 0) is 0 Å². The number of carbonyl (C=O) groups is 1. The number of hydrazone groups is 1. The smallest absolute Gasteiger partial charge is 0.275 e. The SMILES string of the molecule is COc1cccc(/C=N\NC(=O)c2ccc3ccccc3c2O)c1O. The third-order valence-corrected chi connectivity index (χ3v) is 3.77. The van der Waals surface area contributed by atoms with Gasteiger partial charge < -0.3 is 14.9 Å². The van der Waals surface area contributed by atoms with Gasteiger partial charge in [-0.3, -0.25) is 4.79 Å². The molecule has 3 aromatic carbocycles. The quantitative estimate of drug-likeness (QED) is 0.504. The number of phenols is 2. The van der Waals surface area contributed by atoms with Crippen molar-refractivity contribution in [2.24, 2.45) is 5.10 Å². The largest absolute Gasteiger partial charge is 0.506 e. The molecule has 0 heterocycles. The van der Waals surface area contributed by atoms with Gasteiger partial charge >= 0.3 is 0 Å². The van der Waals surface area contributed by atoms with Crippen LogP contribution in [0.15, 0.2) is 59.7 Å². The summed E-state index contributed by atoms with van der Waals surface area (Å²) in [5, 5.41) is 25.5. The summed E-state index contributed by atoms with van der Waals surface area (Å²) in [5.41, 5.74) is 2.84. The molecular formula is C19H16N2O4. The van der Waals surface area contributed by atoms with Crippen LogP contribution in [0.4, 0.5) is 0 Å². The van der Waals surface area contributed by atoms with Gasteiger partial charge in [0.25, 0.3) is 5.91 Å². The molecule has 6 heteroatoms. The van der Waals surface area contributed by atoms with Gasteiger partial charge in [-0.1, -0.05) is 36.4 Å². The molecule has 0 unspecified atom stereocenters. The molecule has 6 nitrogen and oxygen atoms in total. The van der Waals surface area contributed by atoms with Crippen molar-refractivity contribution in [3.8, 4) is 17.2 Å². The van der Waals surface area contributed by atoms with Crippen LogP contribution in [0.2, 0.25) is 0 Å². The normalized spacial score (nSPS) is 10.9. The second-order valence-electron chi connectivity index (χ2n) is 5.28. The summed E-state index contributed by atoms with van der Waals surface area (Å²) < 4.78 is 5.01. The lowest BCUT2D eigenvalue weighted by atomic mass is 10.1. The van der Waals surface area contributed by atoms with E-state index in [2.05, 4.69) is 10.5 Å². The molecule has 25 heavy (non-hydrogen) atoms. The molecule has 1 amide bonds. The fraction of sp³-hybridized carbons (Fsp3) is 0.0526. The number of amides is 1. The summed E-state index contributed by atoms with van der Waals surface area (Å²) in [4.78, 5) is 12.2. The van der Waals surface area contributed by atoms with E-state index in [9.17, 15) is 15.0 Å². The van der Waals surface area contributed by atoms with E-state index < -0.39 is 5.91 Å². The number of fused-ring (bicyclic) bond motifs is 1. The van der Waals surface area contributed by atoms with Crippen LogP contribution in [0.3, 0.4) is 0 Å². The molecule has 3 aromatic rings. The van der Waals surface area contributed by atoms with Crippen molar-refractivity contribution < 1.29 is 19.7 Å². The average Bonchev–Trinajstić information content (AvgIpc) is 2.63. The van der Waals surface area contributed by atoms with E-state index in [0.717, 1.165) is 5.39 Å². The number of ether oxygens (including phenoxy) is 1. The van der Waals surface area contributed by atoms with Crippen LogP contribution in [-0.4, -0.2) is 29.4 Å². The number of aromatic hydroxyl groups is 2. The van der Waals surface area contributed by atoms with Gasteiger partial charge in [-0.05, 0) is 23.6 Å². The third kappa shape index (κ3) is 3.23. The van der Waals surface area contributed by atoms with Crippen molar-refractivity contribution in [1.29, 1.82) is 0 Å². The number of para-hydroxylation sites is 1. The molecule has 3 rings (SSSR count). The lowest BCUT2D eigenvalue weighted by Gasteiger charge is -2.07. The van der Waals surface area contributed by atoms with Gasteiger partial charge in [0.2, 0.25) is 0 Å². The Labute approximate surface area is 144 Å². The van der Waals surface area contributed by atoms with E-state index in [1.54, 1.807) is 36.4 Å². The van der Waals surface area contributed by atoms with E-state index >= 15 is 0 Å². The van der Waals surface area contributed by atoms with Crippen molar-refractivity contribution in [3.63, 3.8) is 0 Å². The molecule has 0 aliphatic heterocycles. The van der Waals surface area contributed by atoms with E-state index in [4.69, 9.17) is 4.74 Å². The number of benzene rings is 3. The zero-order valence-corrected chi connectivity index (χ0v) is 13.4. The Hall–Kier alpha value is -3.54. The molecule has 3 N–H and O–H groups in total. The van der Waals surface area contributed by atoms with Gasteiger partial charge in [0, 0.05) is 10.9 Å². The Morgan fingerprint density at radius 3 is 2.64 bits per heavy atom. The second kappa shape index (κ2) is 6.92. The molecule has 0 spiro atoms. The fourth-order valence-corrected chi connectivity index (χ4v) is 2.47. The molecule has 0 aliphatic carbocycles. The number of methoxy groups -OCH3 is 1. The lowest BCUT2D eigenvalue weighted by Crippen LogP contribution is -2.17. The standard InChI is InChI=1S/C19H16N2O4/c1-25-16-8-4-6-13(17(16)22)11-20-21-19(24)15-10-9-12-5-2-3-7-14(12)18(15)23/h2-11,22-23H,1H3,(H,21,24)/b20-11-. The number of nitrogens with zero attached hydrogens (tertiary/aromatic N) is 1. The van der Waals surface area contributed by atoms with E-state index in [1.165, 1.54) is 19.4 Å². The maximum Gasteiger partial charge on any atom is 0.275 e. The highest BCUT2D eigenvalue weighted by atomic mass is 16.5. The predicted molar refractivity (Wildman–Crippen MR) is 95.3 cm³/mol. The minimum absolute atomic E-state index is 0.0726. The topological polar surface area (TPSA) is 91.2 Å². The molecular weight excluding hydrogens is 320 g/mol. The van der Waals surface area contributed by atoms with E-state index in [1.807, 2.05) is 12.1 Å². The van der Waals surface area contributed by atoms with Gasteiger partial charge in [-0.25, -0.2) is 5.43 Å². The molecule has 0 aromatic heterocycles. The van der Waals surface area contributed by atoms with Crippen molar-refractivity contribution in [1.82, 2.24) is 5.43 Å². The number of phenolic OH excluding ortho intramolecular Hbond substituents is 2. The summed E-state index contributed by atoms with van der Waals surface area (Å²) in [6, 6.07) is 15.4. The highest BCUT2D eigenvalue weighted by Crippen LogP contribution is 2.29. The number of hydrogen-bond acceptors (Lipinski definition) is 5. The number of nitrogens with one attached hydrogen (secondary N) is 1. The molecule has 0 aliphatic rings. The van der Waals surface area contributed by atoms with Crippen LogP contribution in [0.25, 0.3) is 10.8 Å². The molecule has 0 bridgehead atoms. The van der Waals surface area contributed by atoms with Crippen LogP contribution in [0.1, 0.15) is 15.9 Å². The van der Waals surface area contributed by atoms with Crippen molar-refractivity contribution in [3.05, 3.63) is 65.7 Å². The first-order valence-electron chi connectivity index (χ1n) is 7.52. The predicted octanol–water partition coefficient (Wildman–Crippen LogP) is 3.02. The van der Waals surface area contributed by atoms with Crippen LogP contribution >= 0.6 is 0 Å². The molecule has 0 fully saturated rings. The van der Waals surface area contributed by atoms with Gasteiger partial charge in [0.1, 0.15) is 5.75 Å². The Kier molecular flexibility index (Phi) is 4.52. The van der Waals surface area contributed by atoms with Crippen molar-refractivity contribution in [2.75, 3.05) is 7.11 Å². The van der Waals surface area contributed by atoms with Crippen LogP contribution < -0.4 is 10.2 Å². The maximum atomic E-state index is 12.2. The number of rotatable bonds is 4. The second-order valence-corrected chi connectivity index (χ2v) is 5.28. The van der Waals surface area contributed by atoms with Gasteiger partial charge in [-0.2, -0.15) is 5.10 Å². The zero-order chi connectivity index (χ0) is 17.8. The van der Waals surface area contributed by atoms with Gasteiger partial charge in [-0.15, -0.1) is 0 Å². The highest BCUT2D eigenvalue weighted by Gasteiger charge is 2.13. The summed E-state index contributed by atoms with van der Waals surface area (Å²) in [6.45, 7) is 0. The molecule has 0 saturated carbocycles.